The molecule has 0 amide bonds. The van der Waals surface area contributed by atoms with E-state index in [9.17, 15) is 13.5 Å². The second-order valence-electron chi connectivity index (χ2n) is 5.54. The average molecular weight is 298 g/mol. The van der Waals surface area contributed by atoms with Crippen molar-refractivity contribution < 1.29 is 13.5 Å². The van der Waals surface area contributed by atoms with Crippen LogP contribution in [0.1, 0.15) is 30.4 Å². The second-order valence-corrected chi connectivity index (χ2v) is 7.19. The molecule has 0 heterocycles. The summed E-state index contributed by atoms with van der Waals surface area (Å²) in [5.74, 6) is -0.00360. The number of aliphatic hydroxyl groups excluding tert-OH is 1. The van der Waals surface area contributed by atoms with Gasteiger partial charge in [-0.05, 0) is 43.7 Å². The van der Waals surface area contributed by atoms with E-state index in [0.29, 0.717) is 11.3 Å². The number of anilines is 1. The molecule has 2 rings (SSSR count). The third-order valence-electron chi connectivity index (χ3n) is 4.08. The van der Waals surface area contributed by atoms with Crippen molar-refractivity contribution >= 4 is 15.7 Å². The molecule has 0 spiro atoms. The number of benzene rings is 1. The van der Waals surface area contributed by atoms with Crippen LogP contribution in [0.5, 0.6) is 0 Å². The summed E-state index contributed by atoms with van der Waals surface area (Å²) in [5, 5.41) is 9.30. The van der Waals surface area contributed by atoms with Crippen molar-refractivity contribution in [2.75, 3.05) is 12.3 Å². The molecule has 1 aliphatic carbocycles. The van der Waals surface area contributed by atoms with E-state index in [1.54, 1.807) is 19.9 Å². The minimum atomic E-state index is -3.66. The molecule has 2 atom stereocenters. The van der Waals surface area contributed by atoms with E-state index in [-0.39, 0.29) is 23.5 Å². The van der Waals surface area contributed by atoms with Crippen molar-refractivity contribution in [1.29, 1.82) is 0 Å². The summed E-state index contributed by atoms with van der Waals surface area (Å²) in [7, 11) is -3.66. The number of aryl methyl sites for hydroxylation is 2. The highest BCUT2D eigenvalue weighted by Gasteiger charge is 2.32. The van der Waals surface area contributed by atoms with E-state index >= 15 is 0 Å². The molecule has 5 nitrogen and oxygen atoms in total. The van der Waals surface area contributed by atoms with Crippen molar-refractivity contribution in [3.8, 4) is 0 Å². The summed E-state index contributed by atoms with van der Waals surface area (Å²) in [4.78, 5) is 0.168. The predicted octanol–water partition coefficient (Wildman–Crippen LogP) is 1.32. The largest absolute Gasteiger partial charge is 0.397 e. The molecule has 0 aliphatic heterocycles. The number of hydrogen-bond donors (Lipinski definition) is 3. The first-order chi connectivity index (χ1) is 9.36. The molecular weight excluding hydrogens is 276 g/mol. The number of nitrogens with one attached hydrogen (secondary N) is 1. The van der Waals surface area contributed by atoms with Crippen molar-refractivity contribution in [1.82, 2.24) is 4.72 Å². The number of nitrogen functional groups attached to an aromatic ring is 1. The Labute approximate surface area is 120 Å². The zero-order valence-corrected chi connectivity index (χ0v) is 12.7. The Morgan fingerprint density at radius 3 is 2.60 bits per heavy atom. The maximum absolute atomic E-state index is 12.6. The van der Waals surface area contributed by atoms with Crippen LogP contribution in [0.2, 0.25) is 0 Å². The molecule has 4 N–H and O–H groups in total. The van der Waals surface area contributed by atoms with E-state index in [2.05, 4.69) is 4.72 Å². The number of nitrogens with two attached hydrogens (primary N) is 1. The summed E-state index contributed by atoms with van der Waals surface area (Å²) in [6.45, 7) is 3.54. The lowest BCUT2D eigenvalue weighted by Crippen LogP contribution is -2.39. The lowest BCUT2D eigenvalue weighted by Gasteiger charge is -2.21. The molecule has 1 aromatic rings. The molecule has 1 aliphatic rings. The lowest BCUT2D eigenvalue weighted by atomic mass is 10.1. The summed E-state index contributed by atoms with van der Waals surface area (Å²) >= 11 is 0. The van der Waals surface area contributed by atoms with Gasteiger partial charge in [0.15, 0.2) is 0 Å². The Balaban J connectivity index is 2.34. The van der Waals surface area contributed by atoms with Gasteiger partial charge in [0.25, 0.3) is 0 Å². The third-order valence-corrected chi connectivity index (χ3v) is 5.77. The molecule has 2 unspecified atom stereocenters. The van der Waals surface area contributed by atoms with Crippen LogP contribution < -0.4 is 10.5 Å². The van der Waals surface area contributed by atoms with Crippen LogP contribution in [-0.4, -0.2) is 26.2 Å². The van der Waals surface area contributed by atoms with Crippen LogP contribution in [0.3, 0.4) is 0 Å². The molecule has 1 aromatic carbocycles. The second kappa shape index (κ2) is 5.71. The standard InChI is InChI=1S/C14H22N2O3S/c1-9-6-7-10(2)14(13(9)15)20(18,19)16-12-5-3-4-11(12)8-17/h6-7,11-12,16-17H,3-5,8,15H2,1-2H3. The molecule has 0 saturated heterocycles. The first-order valence-corrected chi connectivity index (χ1v) is 8.34. The maximum atomic E-state index is 12.6. The van der Waals surface area contributed by atoms with Crippen LogP contribution in [0.15, 0.2) is 17.0 Å². The Kier molecular flexibility index (Phi) is 4.36. The fourth-order valence-electron chi connectivity index (χ4n) is 2.83. The van der Waals surface area contributed by atoms with Gasteiger partial charge in [0.2, 0.25) is 10.0 Å². The van der Waals surface area contributed by atoms with Gasteiger partial charge in [-0.25, -0.2) is 13.1 Å². The van der Waals surface area contributed by atoms with Crippen LogP contribution in [0.25, 0.3) is 0 Å². The highest BCUT2D eigenvalue weighted by Crippen LogP contribution is 2.30. The molecular formula is C14H22N2O3S. The van der Waals surface area contributed by atoms with Gasteiger partial charge in [0.1, 0.15) is 4.90 Å². The fourth-order valence-corrected chi connectivity index (χ4v) is 4.60. The van der Waals surface area contributed by atoms with Gasteiger partial charge >= 0.3 is 0 Å². The predicted molar refractivity (Wildman–Crippen MR) is 78.9 cm³/mol. The van der Waals surface area contributed by atoms with E-state index in [4.69, 9.17) is 5.73 Å². The van der Waals surface area contributed by atoms with E-state index < -0.39 is 10.0 Å². The molecule has 0 radical (unpaired) electrons. The van der Waals surface area contributed by atoms with Gasteiger partial charge in [-0.1, -0.05) is 18.6 Å². The van der Waals surface area contributed by atoms with Crippen LogP contribution in [-0.2, 0) is 10.0 Å². The number of hydrogen-bond acceptors (Lipinski definition) is 4. The number of aliphatic hydroxyl groups is 1. The van der Waals surface area contributed by atoms with Gasteiger partial charge in [-0.15, -0.1) is 0 Å². The van der Waals surface area contributed by atoms with Crippen LogP contribution in [0.4, 0.5) is 5.69 Å². The van der Waals surface area contributed by atoms with Crippen molar-refractivity contribution in [3.63, 3.8) is 0 Å². The topological polar surface area (TPSA) is 92.4 Å². The van der Waals surface area contributed by atoms with Crippen LogP contribution in [0, 0.1) is 19.8 Å². The maximum Gasteiger partial charge on any atom is 0.243 e. The number of rotatable bonds is 4. The summed E-state index contributed by atoms with van der Waals surface area (Å²) in [6.07, 6.45) is 2.54. The number of sulfonamides is 1. The SMILES string of the molecule is Cc1ccc(C)c(S(=O)(=O)NC2CCCC2CO)c1N. The van der Waals surface area contributed by atoms with Crippen molar-refractivity contribution in [3.05, 3.63) is 23.3 Å². The van der Waals surface area contributed by atoms with Gasteiger partial charge in [-0.2, -0.15) is 0 Å². The van der Waals surface area contributed by atoms with E-state index in [1.807, 2.05) is 6.07 Å². The van der Waals surface area contributed by atoms with E-state index in [1.165, 1.54) is 0 Å². The van der Waals surface area contributed by atoms with Gasteiger partial charge < -0.3 is 10.8 Å². The molecule has 0 aromatic heterocycles. The molecule has 112 valence electrons. The Bertz CT molecular complexity index is 599. The molecule has 1 fully saturated rings. The van der Waals surface area contributed by atoms with Gasteiger partial charge in [-0.3, -0.25) is 0 Å². The average Bonchev–Trinajstić information content (AvgIpc) is 2.80. The molecule has 20 heavy (non-hydrogen) atoms. The Hall–Kier alpha value is -1.11. The Morgan fingerprint density at radius 1 is 1.30 bits per heavy atom. The monoisotopic (exact) mass is 298 g/mol. The smallest absolute Gasteiger partial charge is 0.243 e. The minimum absolute atomic E-state index is 0.00360. The first kappa shape index (κ1) is 15.3. The highest BCUT2D eigenvalue weighted by atomic mass is 32.2. The van der Waals surface area contributed by atoms with Crippen molar-refractivity contribution in [2.45, 2.75) is 44.0 Å². The normalized spacial score (nSPS) is 23.1. The zero-order chi connectivity index (χ0) is 14.9. The third kappa shape index (κ3) is 2.82. The van der Waals surface area contributed by atoms with Gasteiger partial charge in [0, 0.05) is 12.6 Å². The quantitative estimate of drug-likeness (QED) is 0.731. The molecule has 1 saturated carbocycles. The lowest BCUT2D eigenvalue weighted by molar-refractivity contribution is 0.213. The van der Waals surface area contributed by atoms with E-state index in [0.717, 1.165) is 24.8 Å². The summed E-state index contributed by atoms with van der Waals surface area (Å²) in [6, 6.07) is 3.37. The van der Waals surface area contributed by atoms with Crippen molar-refractivity contribution in [2.24, 2.45) is 5.92 Å². The molecule has 0 bridgehead atoms. The summed E-state index contributed by atoms with van der Waals surface area (Å²) in [5.41, 5.74) is 7.63. The summed E-state index contributed by atoms with van der Waals surface area (Å²) < 4.78 is 27.9. The van der Waals surface area contributed by atoms with Gasteiger partial charge in [0.05, 0.1) is 5.69 Å². The first-order valence-electron chi connectivity index (χ1n) is 6.85. The molecule has 6 heteroatoms. The Morgan fingerprint density at radius 2 is 1.95 bits per heavy atom. The fraction of sp³-hybridized carbons (Fsp3) is 0.571. The highest BCUT2D eigenvalue weighted by molar-refractivity contribution is 7.89. The minimum Gasteiger partial charge on any atom is -0.397 e. The van der Waals surface area contributed by atoms with Crippen LogP contribution >= 0.6 is 0 Å². The zero-order valence-electron chi connectivity index (χ0n) is 11.9.